The monoisotopic (exact) mass is 542 g/mol. The first kappa shape index (κ1) is 26.6. The van der Waals surface area contributed by atoms with E-state index in [1.807, 2.05) is 48.5 Å². The fraction of sp³-hybridized carbons (Fsp3) is 0.219. The summed E-state index contributed by atoms with van der Waals surface area (Å²) in [6.07, 6.45) is 0. The van der Waals surface area contributed by atoms with Crippen molar-refractivity contribution < 1.29 is 19.4 Å². The Morgan fingerprint density at radius 3 is 2.31 bits per heavy atom. The third kappa shape index (κ3) is 6.53. The molecule has 5 rings (SSSR count). The van der Waals surface area contributed by atoms with Gasteiger partial charge in [0.1, 0.15) is 23.7 Å². The second-order valence-corrected chi connectivity index (χ2v) is 9.99. The molecule has 0 amide bonds. The predicted octanol–water partition coefficient (Wildman–Crippen LogP) is 6.62. The summed E-state index contributed by atoms with van der Waals surface area (Å²) in [5.74, 6) is 0.130. The van der Waals surface area contributed by atoms with E-state index in [-0.39, 0.29) is 12.2 Å². The summed E-state index contributed by atoms with van der Waals surface area (Å²) >= 11 is 6.09. The summed E-state index contributed by atoms with van der Waals surface area (Å²) in [5.41, 5.74) is 5.72. The Morgan fingerprint density at radius 2 is 1.62 bits per heavy atom. The molecule has 7 heteroatoms. The van der Waals surface area contributed by atoms with Crippen molar-refractivity contribution in [2.75, 3.05) is 38.2 Å². The molecule has 0 radical (unpaired) electrons. The smallest absolute Gasteiger partial charge is 0.339 e. The van der Waals surface area contributed by atoms with Crippen LogP contribution in [-0.4, -0.2) is 49.3 Å². The fourth-order valence-corrected chi connectivity index (χ4v) is 4.99. The van der Waals surface area contributed by atoms with Crippen LogP contribution in [0.4, 0.5) is 5.69 Å². The van der Waals surface area contributed by atoms with Gasteiger partial charge in [-0.3, -0.25) is 4.90 Å². The molecule has 200 valence electrons. The van der Waals surface area contributed by atoms with Crippen LogP contribution in [0.15, 0.2) is 91.0 Å². The average molecular weight is 543 g/mol. The first-order valence-corrected chi connectivity index (χ1v) is 13.3. The normalized spacial score (nSPS) is 13.7. The van der Waals surface area contributed by atoms with E-state index in [4.69, 9.17) is 21.1 Å². The second-order valence-electron chi connectivity index (χ2n) is 9.55. The van der Waals surface area contributed by atoms with Gasteiger partial charge in [0.15, 0.2) is 0 Å². The van der Waals surface area contributed by atoms with Crippen LogP contribution in [0.5, 0.6) is 11.5 Å². The number of hydrogen-bond acceptors (Lipinski definition) is 5. The Labute approximate surface area is 234 Å². The Bertz CT molecular complexity index is 1420. The lowest BCUT2D eigenvalue weighted by atomic mass is 9.99. The number of ether oxygens (including phenoxy) is 2. The highest BCUT2D eigenvalue weighted by Gasteiger charge is 2.21. The molecule has 39 heavy (non-hydrogen) atoms. The Balaban J connectivity index is 1.24. The topological polar surface area (TPSA) is 62.2 Å². The number of piperazine rings is 1. The molecule has 0 saturated carbocycles. The zero-order valence-electron chi connectivity index (χ0n) is 21.8. The van der Waals surface area contributed by atoms with Crippen LogP contribution in [0.2, 0.25) is 5.02 Å². The number of carbonyl (C=O) groups is 1. The summed E-state index contributed by atoms with van der Waals surface area (Å²) in [6, 6.07) is 29.4. The number of nitrogens with zero attached hydrogens (tertiary/aromatic N) is 2. The molecule has 6 nitrogen and oxygen atoms in total. The highest BCUT2D eigenvalue weighted by atomic mass is 35.5. The third-order valence-corrected chi connectivity index (χ3v) is 7.30. The lowest BCUT2D eigenvalue weighted by Gasteiger charge is -2.36. The number of anilines is 1. The number of carboxylic acid groups (broad SMARTS) is 1. The maximum atomic E-state index is 11.8. The first-order chi connectivity index (χ1) is 19.0. The Morgan fingerprint density at radius 1 is 0.897 bits per heavy atom. The van der Waals surface area contributed by atoms with E-state index >= 15 is 0 Å². The van der Waals surface area contributed by atoms with Gasteiger partial charge < -0.3 is 19.5 Å². The van der Waals surface area contributed by atoms with E-state index in [2.05, 4.69) is 46.2 Å². The van der Waals surface area contributed by atoms with Gasteiger partial charge in [0, 0.05) is 49.5 Å². The molecule has 4 aromatic rings. The lowest BCUT2D eigenvalue weighted by molar-refractivity contribution is 0.0691. The van der Waals surface area contributed by atoms with E-state index < -0.39 is 5.97 Å². The maximum Gasteiger partial charge on any atom is 0.339 e. The molecular formula is C32H31ClN2O4. The molecule has 1 N–H and O–H groups in total. The van der Waals surface area contributed by atoms with E-state index in [1.165, 1.54) is 11.1 Å². The number of carboxylic acids is 1. The number of halogens is 1. The van der Waals surface area contributed by atoms with Gasteiger partial charge >= 0.3 is 5.97 Å². The van der Waals surface area contributed by atoms with Gasteiger partial charge in [0.05, 0.1) is 7.11 Å². The molecule has 1 aliphatic heterocycles. The first-order valence-electron chi connectivity index (χ1n) is 12.9. The lowest BCUT2D eigenvalue weighted by Crippen LogP contribution is -2.46. The standard InChI is InChI=1S/C32H31ClN2O4/c1-38-28-13-6-23(7-14-28)22-39-31-20-27(12-15-30(31)32(36)37)35-18-16-34(17-19-35)21-25-4-2-3-5-29(25)24-8-10-26(33)11-9-24/h2-15,20H,16-19,21-22H2,1H3,(H,36,37). The minimum atomic E-state index is -1.00. The Hall–Kier alpha value is -4.00. The van der Waals surface area contributed by atoms with Crippen LogP contribution in [0.1, 0.15) is 21.5 Å². The molecule has 1 fully saturated rings. The molecule has 4 aromatic carbocycles. The van der Waals surface area contributed by atoms with Gasteiger partial charge in [0.25, 0.3) is 0 Å². The number of aromatic carboxylic acids is 1. The minimum Gasteiger partial charge on any atom is -0.497 e. The summed E-state index contributed by atoms with van der Waals surface area (Å²) in [5, 5.41) is 10.4. The molecule has 1 saturated heterocycles. The molecule has 0 atom stereocenters. The summed E-state index contributed by atoms with van der Waals surface area (Å²) < 4.78 is 11.2. The third-order valence-electron chi connectivity index (χ3n) is 7.05. The molecule has 1 heterocycles. The highest BCUT2D eigenvalue weighted by molar-refractivity contribution is 6.30. The zero-order chi connectivity index (χ0) is 27.2. The van der Waals surface area contributed by atoms with Crippen LogP contribution in [0.3, 0.4) is 0 Å². The van der Waals surface area contributed by atoms with Crippen molar-refractivity contribution in [3.05, 3.63) is 113 Å². The molecule has 0 unspecified atom stereocenters. The second kappa shape index (κ2) is 12.2. The summed E-state index contributed by atoms with van der Waals surface area (Å²) in [4.78, 5) is 16.6. The van der Waals surface area contributed by atoms with Crippen molar-refractivity contribution in [1.29, 1.82) is 0 Å². The van der Waals surface area contributed by atoms with E-state index in [1.54, 1.807) is 13.2 Å². The fourth-order valence-electron chi connectivity index (χ4n) is 4.86. The van der Waals surface area contributed by atoms with Gasteiger partial charge in [-0.05, 0) is 58.7 Å². The quantitative estimate of drug-likeness (QED) is 0.256. The minimum absolute atomic E-state index is 0.157. The van der Waals surface area contributed by atoms with Gasteiger partial charge in [-0.1, -0.05) is 60.1 Å². The van der Waals surface area contributed by atoms with Crippen molar-refractivity contribution in [2.24, 2.45) is 0 Å². The number of benzene rings is 4. The van der Waals surface area contributed by atoms with E-state index in [9.17, 15) is 9.90 Å². The van der Waals surface area contributed by atoms with Crippen molar-refractivity contribution >= 4 is 23.3 Å². The SMILES string of the molecule is COc1ccc(COc2cc(N3CCN(Cc4ccccc4-c4ccc(Cl)cc4)CC3)ccc2C(=O)O)cc1. The molecule has 0 aromatic heterocycles. The highest BCUT2D eigenvalue weighted by Crippen LogP contribution is 2.30. The van der Waals surface area contributed by atoms with Crippen molar-refractivity contribution in [1.82, 2.24) is 4.90 Å². The maximum absolute atomic E-state index is 11.8. The summed E-state index contributed by atoms with van der Waals surface area (Å²) in [7, 11) is 1.62. The van der Waals surface area contributed by atoms with Crippen LogP contribution >= 0.6 is 11.6 Å². The molecule has 0 aliphatic carbocycles. The molecule has 0 spiro atoms. The zero-order valence-corrected chi connectivity index (χ0v) is 22.6. The Kier molecular flexibility index (Phi) is 8.35. The average Bonchev–Trinajstić information content (AvgIpc) is 2.97. The van der Waals surface area contributed by atoms with Crippen LogP contribution in [0, 0.1) is 0 Å². The van der Waals surface area contributed by atoms with Gasteiger partial charge in [-0.15, -0.1) is 0 Å². The summed E-state index contributed by atoms with van der Waals surface area (Å²) in [6.45, 7) is 4.62. The van der Waals surface area contributed by atoms with Crippen molar-refractivity contribution in [3.63, 3.8) is 0 Å². The van der Waals surface area contributed by atoms with Crippen LogP contribution in [0.25, 0.3) is 11.1 Å². The van der Waals surface area contributed by atoms with Crippen LogP contribution < -0.4 is 14.4 Å². The van der Waals surface area contributed by atoms with E-state index in [0.717, 1.165) is 60.3 Å². The number of rotatable bonds is 9. The van der Waals surface area contributed by atoms with Gasteiger partial charge in [0.2, 0.25) is 0 Å². The molecule has 0 bridgehead atoms. The largest absolute Gasteiger partial charge is 0.497 e. The van der Waals surface area contributed by atoms with Gasteiger partial charge in [-0.25, -0.2) is 4.79 Å². The number of methoxy groups -OCH3 is 1. The van der Waals surface area contributed by atoms with Crippen molar-refractivity contribution in [3.8, 4) is 22.6 Å². The van der Waals surface area contributed by atoms with E-state index in [0.29, 0.717) is 5.75 Å². The van der Waals surface area contributed by atoms with Gasteiger partial charge in [-0.2, -0.15) is 0 Å². The van der Waals surface area contributed by atoms with Crippen LogP contribution in [-0.2, 0) is 13.2 Å². The van der Waals surface area contributed by atoms with Crippen molar-refractivity contribution in [2.45, 2.75) is 13.2 Å². The molecule has 1 aliphatic rings. The number of hydrogen-bond donors (Lipinski definition) is 1. The molecular weight excluding hydrogens is 512 g/mol. The predicted molar refractivity (Wildman–Crippen MR) is 155 cm³/mol.